The number of primary amides is 1. The third-order valence-electron chi connectivity index (χ3n) is 5.41. The van der Waals surface area contributed by atoms with Crippen molar-refractivity contribution in [2.24, 2.45) is 5.73 Å². The lowest BCUT2D eigenvalue weighted by atomic mass is 10.1. The van der Waals surface area contributed by atoms with E-state index in [0.717, 1.165) is 11.9 Å². The number of hydrogen-bond donors (Lipinski definition) is 4. The fourth-order valence-corrected chi connectivity index (χ4v) is 3.88. The zero-order valence-electron chi connectivity index (χ0n) is 19.0. The van der Waals surface area contributed by atoms with Gasteiger partial charge in [-0.1, -0.05) is 29.8 Å². The maximum Gasteiger partial charge on any atom is 0.252 e. The molecule has 2 aromatic heterocycles. The lowest BCUT2D eigenvalue weighted by Crippen LogP contribution is -2.21. The van der Waals surface area contributed by atoms with Crippen LogP contribution in [0.25, 0.3) is 11.4 Å². The SMILES string of the molecule is Cc1cccc(-n2nc(NC(C)c3cccc(Cl)c3F)cc2C2=C/C(=C(/C=N)C(N)=O)NC=C2)n1. The minimum absolute atomic E-state index is 0.0370. The molecular weight excluding hydrogens is 469 g/mol. The first-order chi connectivity index (χ1) is 16.8. The maximum atomic E-state index is 14.6. The van der Waals surface area contributed by atoms with Gasteiger partial charge in [-0.05, 0) is 44.2 Å². The summed E-state index contributed by atoms with van der Waals surface area (Å²) in [5.74, 6) is -0.147. The summed E-state index contributed by atoms with van der Waals surface area (Å²) in [6.07, 6.45) is 6.07. The Morgan fingerprint density at radius 1 is 1.31 bits per heavy atom. The van der Waals surface area contributed by atoms with E-state index in [1.807, 2.05) is 32.0 Å². The third kappa shape index (κ3) is 4.99. The Morgan fingerprint density at radius 3 is 2.80 bits per heavy atom. The lowest BCUT2D eigenvalue weighted by Gasteiger charge is -2.15. The summed E-state index contributed by atoms with van der Waals surface area (Å²) in [5, 5.41) is 18.4. The molecule has 1 aliphatic heterocycles. The number of amides is 1. The number of anilines is 1. The maximum absolute atomic E-state index is 14.6. The van der Waals surface area contributed by atoms with Gasteiger partial charge in [0.2, 0.25) is 0 Å². The van der Waals surface area contributed by atoms with Gasteiger partial charge in [-0.2, -0.15) is 0 Å². The van der Waals surface area contributed by atoms with Gasteiger partial charge < -0.3 is 21.8 Å². The molecule has 0 radical (unpaired) electrons. The number of aryl methyl sites for hydroxylation is 1. The monoisotopic (exact) mass is 491 g/mol. The van der Waals surface area contributed by atoms with Gasteiger partial charge in [-0.3, -0.25) is 4.79 Å². The number of rotatable bonds is 7. The first-order valence-corrected chi connectivity index (χ1v) is 11.1. The van der Waals surface area contributed by atoms with Crippen LogP contribution in [0.2, 0.25) is 5.02 Å². The van der Waals surface area contributed by atoms with Crippen LogP contribution in [0.3, 0.4) is 0 Å². The molecule has 1 amide bonds. The smallest absolute Gasteiger partial charge is 0.252 e. The molecule has 0 saturated carbocycles. The number of carbonyl (C=O) groups excluding carboxylic acids is 1. The standard InChI is InChI=1S/C25H23ClFN7O/c1-14-5-3-8-23(31-14)34-21(16-9-10-30-20(11-16)18(13-28)25(29)35)12-22(33-34)32-15(2)17-6-4-7-19(26)24(17)27/h3-13,15,28,30H,1-2H3,(H2,29,35)(H,32,33)/b20-18+,28-13?. The van der Waals surface area contributed by atoms with Gasteiger partial charge in [0.25, 0.3) is 5.91 Å². The van der Waals surface area contributed by atoms with Crippen LogP contribution in [0.4, 0.5) is 10.2 Å². The number of aromatic nitrogens is 3. The highest BCUT2D eigenvalue weighted by Crippen LogP contribution is 2.29. The summed E-state index contributed by atoms with van der Waals surface area (Å²) in [4.78, 5) is 16.3. The molecule has 0 fully saturated rings. The Bertz CT molecular complexity index is 1410. The van der Waals surface area contributed by atoms with Crippen molar-refractivity contribution in [3.63, 3.8) is 0 Å². The molecule has 0 saturated heterocycles. The summed E-state index contributed by atoms with van der Waals surface area (Å²) >= 11 is 5.96. The first-order valence-electron chi connectivity index (χ1n) is 10.7. The van der Waals surface area contributed by atoms with E-state index in [4.69, 9.17) is 22.7 Å². The average molecular weight is 492 g/mol. The van der Waals surface area contributed by atoms with Crippen LogP contribution in [-0.2, 0) is 4.79 Å². The van der Waals surface area contributed by atoms with Crippen molar-refractivity contribution in [2.45, 2.75) is 19.9 Å². The molecule has 1 aromatic carbocycles. The Labute approximate surface area is 206 Å². The Morgan fingerprint density at radius 2 is 2.09 bits per heavy atom. The molecule has 0 spiro atoms. The number of dihydropyridines is 1. The van der Waals surface area contributed by atoms with Crippen molar-refractivity contribution in [3.8, 4) is 5.82 Å². The molecule has 8 nitrogen and oxygen atoms in total. The molecule has 1 unspecified atom stereocenters. The quantitative estimate of drug-likeness (QED) is 0.288. The van der Waals surface area contributed by atoms with E-state index in [1.54, 1.807) is 41.2 Å². The number of halogens is 2. The minimum atomic E-state index is -0.720. The Balaban J connectivity index is 1.80. The fraction of sp³-hybridized carbons (Fsp3) is 0.120. The molecule has 5 N–H and O–H groups in total. The van der Waals surface area contributed by atoms with E-state index < -0.39 is 17.8 Å². The van der Waals surface area contributed by atoms with Crippen molar-refractivity contribution in [1.82, 2.24) is 20.1 Å². The van der Waals surface area contributed by atoms with E-state index in [2.05, 4.69) is 20.7 Å². The number of nitrogens with zero attached hydrogens (tertiary/aromatic N) is 3. The fourth-order valence-electron chi connectivity index (χ4n) is 3.70. The predicted octanol–water partition coefficient (Wildman–Crippen LogP) is 4.43. The van der Waals surface area contributed by atoms with Gasteiger partial charge >= 0.3 is 0 Å². The number of nitrogens with two attached hydrogens (primary N) is 1. The highest BCUT2D eigenvalue weighted by atomic mass is 35.5. The normalized spacial score (nSPS) is 15.1. The van der Waals surface area contributed by atoms with Crippen molar-refractivity contribution in [2.75, 3.05) is 5.32 Å². The molecular formula is C25H23ClFN7O. The summed E-state index contributed by atoms with van der Waals surface area (Å²) in [6, 6.07) is 11.8. The van der Waals surface area contributed by atoms with E-state index in [1.165, 1.54) is 6.07 Å². The van der Waals surface area contributed by atoms with Crippen LogP contribution in [0, 0.1) is 18.2 Å². The molecule has 0 bridgehead atoms. The number of nitrogens with one attached hydrogen (secondary N) is 3. The van der Waals surface area contributed by atoms with Gasteiger partial charge in [0, 0.05) is 35.3 Å². The van der Waals surface area contributed by atoms with Crippen molar-refractivity contribution in [1.29, 1.82) is 5.41 Å². The van der Waals surface area contributed by atoms with Gasteiger partial charge in [-0.15, -0.1) is 5.10 Å². The van der Waals surface area contributed by atoms with E-state index >= 15 is 0 Å². The van der Waals surface area contributed by atoms with E-state index in [9.17, 15) is 9.18 Å². The first kappa shape index (κ1) is 23.9. The summed E-state index contributed by atoms with van der Waals surface area (Å²) < 4.78 is 16.2. The molecule has 0 aliphatic carbocycles. The van der Waals surface area contributed by atoms with Crippen LogP contribution < -0.4 is 16.4 Å². The van der Waals surface area contributed by atoms with Gasteiger partial charge in [-0.25, -0.2) is 14.1 Å². The second-order valence-corrected chi connectivity index (χ2v) is 8.29. The lowest BCUT2D eigenvalue weighted by molar-refractivity contribution is -0.114. The zero-order valence-corrected chi connectivity index (χ0v) is 19.8. The number of allylic oxidation sites excluding steroid dienone is 3. The van der Waals surface area contributed by atoms with Crippen LogP contribution in [0.15, 0.2) is 72.1 Å². The molecule has 178 valence electrons. The van der Waals surface area contributed by atoms with E-state index in [0.29, 0.717) is 34.2 Å². The van der Waals surface area contributed by atoms with Crippen LogP contribution in [0.1, 0.15) is 29.9 Å². The summed E-state index contributed by atoms with van der Waals surface area (Å²) in [6.45, 7) is 3.69. The van der Waals surface area contributed by atoms with Crippen LogP contribution >= 0.6 is 11.6 Å². The largest absolute Gasteiger partial charge is 0.365 e. The third-order valence-corrected chi connectivity index (χ3v) is 5.70. The molecule has 10 heteroatoms. The van der Waals surface area contributed by atoms with Crippen molar-refractivity contribution in [3.05, 3.63) is 99.9 Å². The highest BCUT2D eigenvalue weighted by molar-refractivity contribution is 6.30. The Kier molecular flexibility index (Phi) is 6.79. The molecule has 1 aliphatic rings. The second kappa shape index (κ2) is 9.94. The molecule has 3 aromatic rings. The number of hydrogen-bond acceptors (Lipinski definition) is 6. The predicted molar refractivity (Wildman–Crippen MR) is 135 cm³/mol. The minimum Gasteiger partial charge on any atom is -0.365 e. The average Bonchev–Trinajstić information content (AvgIpc) is 3.25. The second-order valence-electron chi connectivity index (χ2n) is 7.89. The molecule has 1 atom stereocenters. The van der Waals surface area contributed by atoms with Crippen LogP contribution in [0.5, 0.6) is 0 Å². The number of pyridine rings is 1. The highest BCUT2D eigenvalue weighted by Gasteiger charge is 2.20. The number of benzene rings is 1. The van der Waals surface area contributed by atoms with Crippen molar-refractivity contribution < 1.29 is 9.18 Å². The zero-order chi connectivity index (χ0) is 25.1. The summed E-state index contributed by atoms with van der Waals surface area (Å²) in [5.41, 5.74) is 8.42. The van der Waals surface area contributed by atoms with E-state index in [-0.39, 0.29) is 10.6 Å². The molecule has 35 heavy (non-hydrogen) atoms. The number of carbonyl (C=O) groups is 1. The summed E-state index contributed by atoms with van der Waals surface area (Å²) in [7, 11) is 0. The molecule has 4 rings (SSSR count). The van der Waals surface area contributed by atoms with Crippen molar-refractivity contribution >= 4 is 35.1 Å². The topological polar surface area (TPSA) is 122 Å². The van der Waals surface area contributed by atoms with Gasteiger partial charge in [0.1, 0.15) is 11.6 Å². The van der Waals surface area contributed by atoms with Gasteiger partial charge in [0.05, 0.1) is 28.0 Å². The van der Waals surface area contributed by atoms with Crippen LogP contribution in [-0.4, -0.2) is 26.9 Å². The van der Waals surface area contributed by atoms with Gasteiger partial charge in [0.15, 0.2) is 5.82 Å². The Hall–Kier alpha value is -4.24. The molecule has 3 heterocycles.